The van der Waals surface area contributed by atoms with Gasteiger partial charge in [0.25, 0.3) is 11.8 Å². The molecule has 2 heterocycles. The largest absolute Gasteiger partial charge is 0.497 e. The van der Waals surface area contributed by atoms with Crippen molar-refractivity contribution in [2.24, 2.45) is 5.73 Å². The third-order valence-corrected chi connectivity index (χ3v) is 6.60. The van der Waals surface area contributed by atoms with Crippen molar-refractivity contribution in [2.45, 2.75) is 32.2 Å². The van der Waals surface area contributed by atoms with Crippen LogP contribution in [-0.2, 0) is 21.5 Å². The van der Waals surface area contributed by atoms with Crippen molar-refractivity contribution >= 4 is 35.4 Å². The number of imide groups is 2. The van der Waals surface area contributed by atoms with Gasteiger partial charge in [-0.15, -0.1) is 0 Å². The van der Waals surface area contributed by atoms with Crippen molar-refractivity contribution in [1.29, 1.82) is 0 Å². The summed E-state index contributed by atoms with van der Waals surface area (Å²) < 4.78 is 11.3. The van der Waals surface area contributed by atoms with Gasteiger partial charge in [0.1, 0.15) is 17.3 Å². The molecule has 40 heavy (non-hydrogen) atoms. The second kappa shape index (κ2) is 11.5. The van der Waals surface area contributed by atoms with Gasteiger partial charge in [-0.05, 0) is 55.2 Å². The minimum Gasteiger partial charge on any atom is -0.497 e. The fraction of sp³-hybridized carbons (Fsp3) is 0.296. The molecule has 7 N–H and O–H groups in total. The predicted molar refractivity (Wildman–Crippen MR) is 143 cm³/mol. The first-order chi connectivity index (χ1) is 19.1. The van der Waals surface area contributed by atoms with Gasteiger partial charge in [-0.25, -0.2) is 9.59 Å². The summed E-state index contributed by atoms with van der Waals surface area (Å²) in [5.74, 6) is -0.533. The Labute approximate surface area is 229 Å². The van der Waals surface area contributed by atoms with Crippen molar-refractivity contribution in [1.82, 2.24) is 26.6 Å². The molecule has 1 aromatic carbocycles. The molecule has 7 amide bonds. The van der Waals surface area contributed by atoms with Gasteiger partial charge in [0, 0.05) is 11.1 Å². The van der Waals surface area contributed by atoms with E-state index in [1.54, 1.807) is 44.2 Å². The van der Waals surface area contributed by atoms with Crippen LogP contribution in [0.25, 0.3) is 5.57 Å². The second-order valence-corrected chi connectivity index (χ2v) is 9.39. The molecule has 0 unspecified atom stereocenters. The van der Waals surface area contributed by atoms with Gasteiger partial charge in [-0.2, -0.15) is 0 Å². The summed E-state index contributed by atoms with van der Waals surface area (Å²) >= 11 is 0. The molecule has 1 aliphatic heterocycles. The number of rotatable bonds is 8. The average molecular weight is 551 g/mol. The van der Waals surface area contributed by atoms with Gasteiger partial charge in [0.15, 0.2) is 5.54 Å². The molecule has 1 saturated heterocycles. The topological polar surface area (TPSA) is 194 Å². The minimum atomic E-state index is -1.69. The Morgan fingerprint density at radius 1 is 1.15 bits per heavy atom. The molecule has 2 aromatic rings. The Morgan fingerprint density at radius 3 is 2.60 bits per heavy atom. The molecule has 1 aromatic heterocycles. The van der Waals surface area contributed by atoms with E-state index in [0.717, 1.165) is 0 Å². The SMILES string of the molecule is COc1ccc(C)c(C(=O)NC[C@@]2(c3cc4c(o3)C(C)=CC(CC(=O)NC(=O)NCN)=CC4)NC(=O)NC2=O)c1. The highest BCUT2D eigenvalue weighted by Crippen LogP contribution is 2.35. The smallest absolute Gasteiger partial charge is 0.322 e. The number of methoxy groups -OCH3 is 1. The number of hydrogen-bond donors (Lipinski definition) is 6. The van der Waals surface area contributed by atoms with Gasteiger partial charge < -0.3 is 30.8 Å². The van der Waals surface area contributed by atoms with Gasteiger partial charge >= 0.3 is 12.1 Å². The highest BCUT2D eigenvalue weighted by Gasteiger charge is 2.51. The predicted octanol–water partition coefficient (Wildman–Crippen LogP) is 1.08. The lowest BCUT2D eigenvalue weighted by Gasteiger charge is -2.24. The average Bonchev–Trinajstić information content (AvgIpc) is 3.42. The Hall–Kier alpha value is -4.91. The van der Waals surface area contributed by atoms with Crippen LogP contribution in [0.1, 0.15) is 46.3 Å². The van der Waals surface area contributed by atoms with Gasteiger partial charge in [0.05, 0.1) is 26.7 Å². The Kier molecular flexibility index (Phi) is 8.05. The van der Waals surface area contributed by atoms with Crippen molar-refractivity contribution in [3.05, 3.63) is 70.2 Å². The number of hydrogen-bond acceptors (Lipinski definition) is 8. The van der Waals surface area contributed by atoms with E-state index >= 15 is 0 Å². The third kappa shape index (κ3) is 5.73. The second-order valence-electron chi connectivity index (χ2n) is 9.39. The van der Waals surface area contributed by atoms with E-state index in [-0.39, 0.29) is 25.4 Å². The quantitative estimate of drug-likeness (QED) is 0.207. The number of furan rings is 1. The maximum Gasteiger partial charge on any atom is 0.322 e. The Bertz CT molecular complexity index is 1460. The number of carbonyl (C=O) groups is 5. The highest BCUT2D eigenvalue weighted by molar-refractivity contribution is 6.08. The number of ether oxygens (including phenoxy) is 1. The van der Waals surface area contributed by atoms with Crippen molar-refractivity contribution in [3.8, 4) is 5.75 Å². The molecule has 4 rings (SSSR count). The van der Waals surface area contributed by atoms with Crippen LogP contribution in [-0.4, -0.2) is 50.1 Å². The fourth-order valence-corrected chi connectivity index (χ4v) is 4.54. The standard InChI is InChI=1S/C27H30N6O7/c1-14-4-7-18(39-3)11-19(14)23(35)29-12-27(24(36)32-26(38)33-27)20-10-17-6-5-16(8-15(2)22(17)40-20)9-21(34)31-25(37)30-13-28/h4-5,7-8,10-11H,6,9,12-13,28H2,1-3H3,(H,29,35)(H2,30,31,34,37)(H2,32,33,36,38)/t27-/m0/s1. The summed E-state index contributed by atoms with van der Waals surface area (Å²) in [6.07, 6.45) is 3.85. The molecule has 13 nitrogen and oxygen atoms in total. The van der Waals surface area contributed by atoms with Gasteiger partial charge in [-0.3, -0.25) is 25.0 Å². The lowest BCUT2D eigenvalue weighted by molar-refractivity contribution is -0.124. The molecular weight excluding hydrogens is 520 g/mol. The summed E-state index contributed by atoms with van der Waals surface area (Å²) in [6, 6.07) is 5.30. The number of aryl methyl sites for hydroxylation is 1. The number of amides is 7. The van der Waals surface area contributed by atoms with Crippen LogP contribution < -0.4 is 37.1 Å². The van der Waals surface area contributed by atoms with Crippen LogP contribution in [0.3, 0.4) is 0 Å². The summed E-state index contributed by atoms with van der Waals surface area (Å²) in [6.45, 7) is 3.17. The molecule has 2 aliphatic rings. The first-order valence-electron chi connectivity index (χ1n) is 12.4. The molecule has 1 atom stereocenters. The summed E-state index contributed by atoms with van der Waals surface area (Å²) in [4.78, 5) is 62.1. The zero-order valence-corrected chi connectivity index (χ0v) is 22.2. The number of nitrogens with two attached hydrogens (primary N) is 1. The molecule has 0 bridgehead atoms. The molecule has 0 radical (unpaired) electrons. The molecule has 0 spiro atoms. The highest BCUT2D eigenvalue weighted by atomic mass is 16.5. The zero-order valence-electron chi connectivity index (χ0n) is 22.2. The summed E-state index contributed by atoms with van der Waals surface area (Å²) in [5.41, 5.74) is 6.65. The fourth-order valence-electron chi connectivity index (χ4n) is 4.54. The van der Waals surface area contributed by atoms with Crippen molar-refractivity contribution < 1.29 is 33.1 Å². The number of carbonyl (C=O) groups excluding carboxylic acids is 5. The van der Waals surface area contributed by atoms with E-state index in [4.69, 9.17) is 14.9 Å². The third-order valence-electron chi connectivity index (χ3n) is 6.60. The minimum absolute atomic E-state index is 0.0510. The van der Waals surface area contributed by atoms with E-state index in [0.29, 0.717) is 45.8 Å². The molecular formula is C27H30N6O7. The Balaban J connectivity index is 1.56. The van der Waals surface area contributed by atoms with E-state index in [9.17, 15) is 24.0 Å². The molecule has 210 valence electrons. The van der Waals surface area contributed by atoms with Crippen LogP contribution in [0, 0.1) is 6.92 Å². The monoisotopic (exact) mass is 550 g/mol. The Morgan fingerprint density at radius 2 is 1.93 bits per heavy atom. The van der Waals surface area contributed by atoms with E-state index in [2.05, 4.69) is 26.6 Å². The summed E-state index contributed by atoms with van der Waals surface area (Å²) in [5, 5.41) is 12.1. The maximum atomic E-state index is 13.1. The first kappa shape index (κ1) is 28.1. The number of nitrogens with one attached hydrogen (secondary N) is 5. The molecule has 13 heteroatoms. The number of fused-ring (bicyclic) bond motifs is 1. The number of benzene rings is 1. The van der Waals surface area contributed by atoms with E-state index in [1.165, 1.54) is 7.11 Å². The first-order valence-corrected chi connectivity index (χ1v) is 12.4. The molecule has 1 aliphatic carbocycles. The van der Waals surface area contributed by atoms with E-state index < -0.39 is 35.3 Å². The lowest BCUT2D eigenvalue weighted by Crippen LogP contribution is -2.52. The van der Waals surface area contributed by atoms with Crippen LogP contribution >= 0.6 is 0 Å². The maximum absolute atomic E-state index is 13.1. The normalized spacial score (nSPS) is 17.9. The number of allylic oxidation sites excluding steroid dienone is 3. The van der Waals surface area contributed by atoms with Crippen LogP contribution in [0.15, 0.2) is 46.4 Å². The summed E-state index contributed by atoms with van der Waals surface area (Å²) in [7, 11) is 1.49. The number of urea groups is 2. The van der Waals surface area contributed by atoms with Crippen molar-refractivity contribution in [3.63, 3.8) is 0 Å². The van der Waals surface area contributed by atoms with Crippen LogP contribution in [0.4, 0.5) is 9.59 Å². The van der Waals surface area contributed by atoms with Crippen LogP contribution in [0.2, 0.25) is 0 Å². The lowest BCUT2D eigenvalue weighted by atomic mass is 9.95. The van der Waals surface area contributed by atoms with Gasteiger partial charge in [0.2, 0.25) is 5.91 Å². The zero-order chi connectivity index (χ0) is 29.0. The van der Waals surface area contributed by atoms with Gasteiger partial charge in [-0.1, -0.05) is 18.2 Å². The molecule has 1 fully saturated rings. The molecule has 0 saturated carbocycles. The van der Waals surface area contributed by atoms with Crippen LogP contribution in [0.5, 0.6) is 5.75 Å². The van der Waals surface area contributed by atoms with E-state index in [1.807, 2.05) is 6.08 Å². The van der Waals surface area contributed by atoms with Crippen molar-refractivity contribution in [2.75, 3.05) is 20.3 Å².